The second-order valence-electron chi connectivity index (χ2n) is 4.97. The minimum Gasteiger partial charge on any atom is -0.266 e. The highest BCUT2D eigenvalue weighted by molar-refractivity contribution is 7.12. The minimum atomic E-state index is -0.200. The van der Waals surface area contributed by atoms with Gasteiger partial charge in [-0.25, -0.2) is 4.99 Å². The molecule has 1 heterocycles. The first-order valence-corrected chi connectivity index (χ1v) is 7.91. The molecule has 2 aromatic carbocycles. The lowest BCUT2D eigenvalue weighted by Gasteiger charge is -2.07. The number of thiophene rings is 1. The van der Waals surface area contributed by atoms with Gasteiger partial charge in [0.25, 0.3) is 5.91 Å². The first-order chi connectivity index (χ1) is 10.7. The molecule has 3 aromatic rings. The Kier molecular flexibility index (Phi) is 4.26. The Balaban J connectivity index is 2.07. The highest BCUT2D eigenvalue weighted by Crippen LogP contribution is 2.15. The number of aliphatic imine (C=N–C) groups is 1. The monoisotopic (exact) mass is 305 g/mol. The van der Waals surface area contributed by atoms with Crippen LogP contribution in [0.4, 0.5) is 0 Å². The largest absolute Gasteiger partial charge is 0.287 e. The average molecular weight is 305 g/mol. The number of carbonyl (C=O) groups is 1. The number of benzene rings is 2. The highest BCUT2D eigenvalue weighted by atomic mass is 32.1. The molecule has 0 fully saturated rings. The molecule has 0 bridgehead atoms. The van der Waals surface area contributed by atoms with Gasteiger partial charge >= 0.3 is 0 Å². The van der Waals surface area contributed by atoms with Gasteiger partial charge in [-0.3, -0.25) is 4.79 Å². The number of carbonyl (C=O) groups excluding carboxylic acids is 1. The summed E-state index contributed by atoms with van der Waals surface area (Å²) in [6, 6.07) is 21.5. The van der Waals surface area contributed by atoms with Crippen molar-refractivity contribution in [2.45, 2.75) is 6.92 Å². The van der Waals surface area contributed by atoms with E-state index in [0.717, 1.165) is 11.1 Å². The Morgan fingerprint density at radius 2 is 1.55 bits per heavy atom. The minimum absolute atomic E-state index is 0.200. The zero-order valence-electron chi connectivity index (χ0n) is 12.2. The van der Waals surface area contributed by atoms with Crippen LogP contribution in [0.5, 0.6) is 0 Å². The lowest BCUT2D eigenvalue weighted by Crippen LogP contribution is -2.07. The van der Waals surface area contributed by atoms with E-state index in [-0.39, 0.29) is 5.91 Å². The first-order valence-electron chi connectivity index (χ1n) is 7.03. The summed E-state index contributed by atoms with van der Waals surface area (Å²) in [6.07, 6.45) is 0. The molecule has 0 aliphatic rings. The van der Waals surface area contributed by atoms with Gasteiger partial charge in [0, 0.05) is 11.1 Å². The summed E-state index contributed by atoms with van der Waals surface area (Å²) in [7, 11) is 0. The van der Waals surface area contributed by atoms with E-state index < -0.39 is 0 Å². The van der Waals surface area contributed by atoms with Crippen LogP contribution >= 0.6 is 11.3 Å². The van der Waals surface area contributed by atoms with Crippen molar-refractivity contribution in [3.63, 3.8) is 0 Å². The number of hydrogen-bond donors (Lipinski definition) is 0. The molecule has 0 saturated heterocycles. The number of hydrogen-bond acceptors (Lipinski definition) is 2. The Morgan fingerprint density at radius 3 is 2.18 bits per heavy atom. The van der Waals surface area contributed by atoms with Crippen molar-refractivity contribution in [1.82, 2.24) is 0 Å². The van der Waals surface area contributed by atoms with Crippen molar-refractivity contribution in [2.24, 2.45) is 4.99 Å². The van der Waals surface area contributed by atoms with Gasteiger partial charge in [-0.1, -0.05) is 66.2 Å². The molecule has 0 unspecified atom stereocenters. The number of nitrogens with zero attached hydrogens (tertiary/aromatic N) is 1. The third-order valence-electron chi connectivity index (χ3n) is 3.32. The van der Waals surface area contributed by atoms with E-state index in [0.29, 0.717) is 10.6 Å². The van der Waals surface area contributed by atoms with Crippen molar-refractivity contribution in [3.8, 4) is 0 Å². The predicted molar refractivity (Wildman–Crippen MR) is 91.9 cm³/mol. The molecule has 0 aliphatic heterocycles. The van der Waals surface area contributed by atoms with Crippen molar-refractivity contribution in [1.29, 1.82) is 0 Å². The fourth-order valence-electron chi connectivity index (χ4n) is 2.16. The van der Waals surface area contributed by atoms with Crippen molar-refractivity contribution in [3.05, 3.63) is 93.7 Å². The van der Waals surface area contributed by atoms with Crippen molar-refractivity contribution < 1.29 is 4.79 Å². The van der Waals surface area contributed by atoms with Gasteiger partial charge in [0.15, 0.2) is 0 Å². The molecule has 0 radical (unpaired) electrons. The Bertz CT molecular complexity index is 787. The van der Waals surface area contributed by atoms with E-state index in [2.05, 4.69) is 4.99 Å². The molecule has 0 spiro atoms. The molecule has 0 aliphatic carbocycles. The molecule has 22 heavy (non-hydrogen) atoms. The van der Waals surface area contributed by atoms with Crippen LogP contribution in [0.25, 0.3) is 0 Å². The molecular formula is C19H15NOS. The smallest absolute Gasteiger partial charge is 0.266 e. The van der Waals surface area contributed by atoms with Crippen molar-refractivity contribution >= 4 is 23.0 Å². The molecule has 108 valence electrons. The maximum atomic E-state index is 12.4. The van der Waals surface area contributed by atoms with Crippen molar-refractivity contribution in [2.75, 3.05) is 0 Å². The number of rotatable bonds is 3. The van der Waals surface area contributed by atoms with Crippen LogP contribution in [-0.2, 0) is 0 Å². The fraction of sp³-hybridized carbons (Fsp3) is 0.0526. The third kappa shape index (κ3) is 3.21. The molecule has 1 amide bonds. The maximum absolute atomic E-state index is 12.4. The average Bonchev–Trinajstić information content (AvgIpc) is 3.09. The second-order valence-corrected chi connectivity index (χ2v) is 5.92. The molecule has 0 saturated carbocycles. The summed E-state index contributed by atoms with van der Waals surface area (Å²) >= 11 is 1.41. The van der Waals surface area contributed by atoms with E-state index in [1.165, 1.54) is 16.9 Å². The van der Waals surface area contributed by atoms with Crippen LogP contribution in [0.15, 0.2) is 77.1 Å². The number of amides is 1. The van der Waals surface area contributed by atoms with E-state index >= 15 is 0 Å². The van der Waals surface area contributed by atoms with Crippen LogP contribution in [0, 0.1) is 6.92 Å². The van der Waals surface area contributed by atoms with E-state index in [1.54, 1.807) is 6.07 Å². The molecule has 2 nitrogen and oxygen atoms in total. The lowest BCUT2D eigenvalue weighted by molar-refractivity contribution is 0.101. The van der Waals surface area contributed by atoms with Gasteiger partial charge < -0.3 is 0 Å². The van der Waals surface area contributed by atoms with Crippen LogP contribution in [0.3, 0.4) is 0 Å². The molecule has 0 N–H and O–H groups in total. The van der Waals surface area contributed by atoms with Crippen LogP contribution in [-0.4, -0.2) is 11.6 Å². The van der Waals surface area contributed by atoms with E-state index in [1.807, 2.05) is 73.0 Å². The molecule has 3 rings (SSSR count). The summed E-state index contributed by atoms with van der Waals surface area (Å²) in [6.45, 7) is 2.04. The van der Waals surface area contributed by atoms with Gasteiger partial charge in [-0.2, -0.15) is 0 Å². The zero-order chi connectivity index (χ0) is 15.4. The molecule has 3 heteroatoms. The normalized spacial score (nSPS) is 11.4. The maximum Gasteiger partial charge on any atom is 0.287 e. The summed E-state index contributed by atoms with van der Waals surface area (Å²) in [5, 5.41) is 1.89. The van der Waals surface area contributed by atoms with Gasteiger partial charge in [0.05, 0.1) is 10.6 Å². The fourth-order valence-corrected chi connectivity index (χ4v) is 2.77. The number of aryl methyl sites for hydroxylation is 1. The Morgan fingerprint density at radius 1 is 0.864 bits per heavy atom. The summed E-state index contributed by atoms with van der Waals surface area (Å²) in [4.78, 5) is 17.4. The summed E-state index contributed by atoms with van der Waals surface area (Å²) in [5.74, 6) is -0.200. The van der Waals surface area contributed by atoms with Crippen LogP contribution in [0.1, 0.15) is 26.4 Å². The molecule has 1 aromatic heterocycles. The summed E-state index contributed by atoms with van der Waals surface area (Å²) < 4.78 is 0. The zero-order valence-corrected chi connectivity index (χ0v) is 13.0. The molecular weight excluding hydrogens is 290 g/mol. The van der Waals surface area contributed by atoms with E-state index in [4.69, 9.17) is 0 Å². The quantitative estimate of drug-likeness (QED) is 0.643. The van der Waals surface area contributed by atoms with E-state index in [9.17, 15) is 4.79 Å². The molecule has 0 atom stereocenters. The second kappa shape index (κ2) is 6.50. The summed E-state index contributed by atoms with van der Waals surface area (Å²) in [5.41, 5.74) is 3.78. The third-order valence-corrected chi connectivity index (χ3v) is 4.18. The standard InChI is InChI=1S/C19H15NOS/c1-14-9-11-16(12-10-14)18(15-6-3-2-4-7-15)20-19(21)17-8-5-13-22-17/h2-13H,1H3. The predicted octanol–water partition coefficient (Wildman–Crippen LogP) is 4.73. The van der Waals surface area contributed by atoms with Gasteiger partial charge in [0.2, 0.25) is 0 Å². The topological polar surface area (TPSA) is 29.4 Å². The lowest BCUT2D eigenvalue weighted by atomic mass is 10.0. The van der Waals surface area contributed by atoms with Gasteiger partial charge in [-0.15, -0.1) is 11.3 Å². The SMILES string of the molecule is Cc1ccc(C(=NC(=O)c2cccs2)c2ccccc2)cc1. The van der Waals surface area contributed by atoms with Gasteiger partial charge in [-0.05, 0) is 18.4 Å². The Hall–Kier alpha value is -2.52. The van der Waals surface area contributed by atoms with Crippen LogP contribution in [0.2, 0.25) is 0 Å². The highest BCUT2D eigenvalue weighted by Gasteiger charge is 2.11. The van der Waals surface area contributed by atoms with Gasteiger partial charge in [0.1, 0.15) is 0 Å². The first kappa shape index (κ1) is 14.4. The Labute approximate surface area is 133 Å². The van der Waals surface area contributed by atoms with Crippen LogP contribution < -0.4 is 0 Å².